The van der Waals surface area contributed by atoms with Crippen LogP contribution in [0.3, 0.4) is 0 Å². The first-order valence-corrected chi connectivity index (χ1v) is 6.80. The zero-order valence-corrected chi connectivity index (χ0v) is 12.0. The van der Waals surface area contributed by atoms with Gasteiger partial charge in [0, 0.05) is 11.4 Å². The zero-order valence-electron chi connectivity index (χ0n) is 12.0. The van der Waals surface area contributed by atoms with Crippen LogP contribution in [0.4, 0.5) is 10.1 Å². The number of aryl methyl sites for hydroxylation is 1. The van der Waals surface area contributed by atoms with Crippen LogP contribution in [0.2, 0.25) is 0 Å². The van der Waals surface area contributed by atoms with E-state index in [9.17, 15) is 9.18 Å². The van der Waals surface area contributed by atoms with E-state index >= 15 is 0 Å². The van der Waals surface area contributed by atoms with Gasteiger partial charge in [-0.1, -0.05) is 24.3 Å². The Balaban J connectivity index is 1.91. The van der Waals surface area contributed by atoms with Gasteiger partial charge in [-0.3, -0.25) is 9.36 Å². The standard InChI is InChI=1S/C17H14FN3O/c1-12-7-8-13(18)9-15(12)20-17(22)16-10-19-11-21(16)14-5-3-2-4-6-14/h2-11H,1H3,(H,20,22). The van der Waals surface area contributed by atoms with Crippen LogP contribution in [0.15, 0.2) is 61.1 Å². The van der Waals surface area contributed by atoms with Crippen molar-refractivity contribution in [2.24, 2.45) is 0 Å². The molecule has 0 aliphatic heterocycles. The molecule has 0 aliphatic rings. The van der Waals surface area contributed by atoms with Gasteiger partial charge in [-0.15, -0.1) is 0 Å². The Labute approximate surface area is 127 Å². The second-order valence-corrected chi connectivity index (χ2v) is 4.90. The average molecular weight is 295 g/mol. The van der Waals surface area contributed by atoms with Crippen LogP contribution in [-0.2, 0) is 0 Å². The maximum atomic E-state index is 13.3. The molecule has 0 spiro atoms. The first kappa shape index (κ1) is 14.0. The lowest BCUT2D eigenvalue weighted by atomic mass is 10.2. The van der Waals surface area contributed by atoms with Crippen molar-refractivity contribution in [1.29, 1.82) is 0 Å². The number of aromatic nitrogens is 2. The quantitative estimate of drug-likeness (QED) is 0.803. The van der Waals surface area contributed by atoms with E-state index in [1.165, 1.54) is 18.3 Å². The Morgan fingerprint density at radius 2 is 1.95 bits per heavy atom. The maximum Gasteiger partial charge on any atom is 0.274 e. The Hall–Kier alpha value is -2.95. The molecule has 22 heavy (non-hydrogen) atoms. The fourth-order valence-corrected chi connectivity index (χ4v) is 2.17. The summed E-state index contributed by atoms with van der Waals surface area (Å²) in [7, 11) is 0. The summed E-state index contributed by atoms with van der Waals surface area (Å²) in [4.78, 5) is 16.5. The van der Waals surface area contributed by atoms with Gasteiger partial charge in [-0.25, -0.2) is 9.37 Å². The fraction of sp³-hybridized carbons (Fsp3) is 0.0588. The van der Waals surface area contributed by atoms with E-state index in [0.717, 1.165) is 11.3 Å². The highest BCUT2D eigenvalue weighted by Gasteiger charge is 2.14. The lowest BCUT2D eigenvalue weighted by molar-refractivity contribution is 0.102. The number of halogens is 1. The fourth-order valence-electron chi connectivity index (χ4n) is 2.17. The third kappa shape index (κ3) is 2.74. The summed E-state index contributed by atoms with van der Waals surface area (Å²) in [5.41, 5.74) is 2.46. The van der Waals surface area contributed by atoms with Crippen molar-refractivity contribution in [2.45, 2.75) is 6.92 Å². The Morgan fingerprint density at radius 3 is 2.73 bits per heavy atom. The van der Waals surface area contributed by atoms with Gasteiger partial charge in [0.2, 0.25) is 0 Å². The number of hydrogen-bond donors (Lipinski definition) is 1. The number of hydrogen-bond acceptors (Lipinski definition) is 2. The number of benzene rings is 2. The van der Waals surface area contributed by atoms with Crippen molar-refractivity contribution in [3.05, 3.63) is 78.1 Å². The molecular weight excluding hydrogens is 281 g/mol. The molecule has 3 rings (SSSR count). The van der Waals surface area contributed by atoms with Crippen molar-refractivity contribution < 1.29 is 9.18 Å². The lowest BCUT2D eigenvalue weighted by Gasteiger charge is -2.10. The molecule has 1 aromatic heterocycles. The topological polar surface area (TPSA) is 46.9 Å². The highest BCUT2D eigenvalue weighted by Crippen LogP contribution is 2.18. The van der Waals surface area contributed by atoms with Crippen LogP contribution in [-0.4, -0.2) is 15.5 Å². The molecule has 0 saturated carbocycles. The van der Waals surface area contributed by atoms with E-state index < -0.39 is 5.82 Å². The number of carbonyl (C=O) groups excluding carboxylic acids is 1. The molecule has 1 N–H and O–H groups in total. The van der Waals surface area contributed by atoms with Gasteiger partial charge in [-0.2, -0.15) is 0 Å². The summed E-state index contributed by atoms with van der Waals surface area (Å²) in [5.74, 6) is -0.729. The summed E-state index contributed by atoms with van der Waals surface area (Å²) < 4.78 is 15.0. The van der Waals surface area contributed by atoms with Crippen molar-refractivity contribution in [2.75, 3.05) is 5.32 Å². The SMILES string of the molecule is Cc1ccc(F)cc1NC(=O)c1cncn1-c1ccccc1. The zero-order chi connectivity index (χ0) is 15.5. The van der Waals surface area contributed by atoms with Crippen LogP contribution >= 0.6 is 0 Å². The maximum absolute atomic E-state index is 13.3. The monoisotopic (exact) mass is 295 g/mol. The van der Waals surface area contributed by atoms with E-state index in [4.69, 9.17) is 0 Å². The van der Waals surface area contributed by atoms with Crippen molar-refractivity contribution in [1.82, 2.24) is 9.55 Å². The summed E-state index contributed by atoms with van der Waals surface area (Å²) in [6.45, 7) is 1.81. The summed E-state index contributed by atoms with van der Waals surface area (Å²) >= 11 is 0. The number of nitrogens with one attached hydrogen (secondary N) is 1. The van der Waals surface area contributed by atoms with Gasteiger partial charge < -0.3 is 5.32 Å². The molecule has 1 amide bonds. The predicted octanol–water partition coefficient (Wildman–Crippen LogP) is 3.57. The second-order valence-electron chi connectivity index (χ2n) is 4.90. The van der Waals surface area contributed by atoms with Gasteiger partial charge in [0.25, 0.3) is 5.91 Å². The number of nitrogens with zero attached hydrogens (tertiary/aromatic N) is 2. The van der Waals surface area contributed by atoms with Gasteiger partial charge in [-0.05, 0) is 36.8 Å². The summed E-state index contributed by atoms with van der Waals surface area (Å²) in [6, 6.07) is 13.7. The molecule has 0 unspecified atom stereocenters. The Bertz CT molecular complexity index is 812. The van der Waals surface area contributed by atoms with Crippen LogP contribution in [0.5, 0.6) is 0 Å². The minimum atomic E-state index is -0.391. The van der Waals surface area contributed by atoms with Crippen molar-refractivity contribution in [3.8, 4) is 5.69 Å². The van der Waals surface area contributed by atoms with E-state index in [-0.39, 0.29) is 5.91 Å². The predicted molar refractivity (Wildman–Crippen MR) is 82.7 cm³/mol. The molecule has 0 bridgehead atoms. The average Bonchev–Trinajstić information content (AvgIpc) is 3.01. The summed E-state index contributed by atoms with van der Waals surface area (Å²) in [5, 5.41) is 2.72. The normalized spacial score (nSPS) is 10.5. The number of amides is 1. The molecule has 3 aromatic rings. The third-order valence-electron chi connectivity index (χ3n) is 3.35. The van der Waals surface area contributed by atoms with Crippen LogP contribution in [0, 0.1) is 12.7 Å². The van der Waals surface area contributed by atoms with Crippen LogP contribution < -0.4 is 5.32 Å². The van der Waals surface area contributed by atoms with Gasteiger partial charge in [0.1, 0.15) is 11.5 Å². The summed E-state index contributed by atoms with van der Waals surface area (Å²) in [6.07, 6.45) is 3.06. The number of carbonyl (C=O) groups is 1. The number of para-hydroxylation sites is 1. The largest absolute Gasteiger partial charge is 0.320 e. The third-order valence-corrected chi connectivity index (χ3v) is 3.35. The molecular formula is C17H14FN3O. The molecule has 4 nitrogen and oxygen atoms in total. The number of imidazole rings is 1. The first-order chi connectivity index (χ1) is 10.6. The smallest absolute Gasteiger partial charge is 0.274 e. The van der Waals surface area contributed by atoms with Gasteiger partial charge in [0.05, 0.1) is 12.5 Å². The molecule has 0 aliphatic carbocycles. The lowest BCUT2D eigenvalue weighted by Crippen LogP contribution is -2.16. The molecule has 110 valence electrons. The van der Waals surface area contributed by atoms with Crippen molar-refractivity contribution in [3.63, 3.8) is 0 Å². The Morgan fingerprint density at radius 1 is 1.18 bits per heavy atom. The Kier molecular flexibility index (Phi) is 3.70. The van der Waals surface area contributed by atoms with Crippen molar-refractivity contribution >= 4 is 11.6 Å². The molecule has 0 saturated heterocycles. The van der Waals surface area contributed by atoms with Crippen LogP contribution in [0.25, 0.3) is 5.69 Å². The molecule has 2 aromatic carbocycles. The second kappa shape index (κ2) is 5.81. The van der Waals surface area contributed by atoms with Gasteiger partial charge in [0.15, 0.2) is 0 Å². The number of anilines is 1. The molecule has 0 atom stereocenters. The minimum Gasteiger partial charge on any atom is -0.320 e. The number of rotatable bonds is 3. The van der Waals surface area contributed by atoms with E-state index in [2.05, 4.69) is 10.3 Å². The molecule has 0 fully saturated rings. The minimum absolute atomic E-state index is 0.338. The first-order valence-electron chi connectivity index (χ1n) is 6.80. The molecule has 0 radical (unpaired) electrons. The van der Waals surface area contributed by atoms with Gasteiger partial charge >= 0.3 is 0 Å². The van der Waals surface area contributed by atoms with E-state index in [0.29, 0.717) is 11.4 Å². The highest BCUT2D eigenvalue weighted by atomic mass is 19.1. The highest BCUT2D eigenvalue weighted by molar-refractivity contribution is 6.03. The molecule has 5 heteroatoms. The van der Waals surface area contributed by atoms with E-state index in [1.807, 2.05) is 37.3 Å². The van der Waals surface area contributed by atoms with E-state index in [1.54, 1.807) is 17.0 Å². The molecule has 1 heterocycles. The van der Waals surface area contributed by atoms with Crippen LogP contribution in [0.1, 0.15) is 16.1 Å².